The maximum absolute atomic E-state index is 9.99. The fourth-order valence-electron chi connectivity index (χ4n) is 2.87. The van der Waals surface area contributed by atoms with Crippen LogP contribution in [-0.4, -0.2) is 5.11 Å². The first-order valence-corrected chi connectivity index (χ1v) is 9.45. The second-order valence-electron chi connectivity index (χ2n) is 7.69. The van der Waals surface area contributed by atoms with Crippen LogP contribution in [0.2, 0.25) is 0 Å². The predicted molar refractivity (Wildman–Crippen MR) is 103 cm³/mol. The molecule has 1 rings (SSSR count). The van der Waals surface area contributed by atoms with Crippen molar-refractivity contribution in [3.8, 4) is 5.75 Å². The molecule has 1 nitrogen and oxygen atoms in total. The number of hydrogen-bond acceptors (Lipinski definition) is 1. The fraction of sp³-hybridized carbons (Fsp3) is 0.636. The third kappa shape index (κ3) is 8.25. The molecule has 0 aromatic heterocycles. The van der Waals surface area contributed by atoms with Crippen molar-refractivity contribution in [3.05, 3.63) is 35.4 Å². The Morgan fingerprint density at radius 2 is 1.52 bits per heavy atom. The lowest BCUT2D eigenvalue weighted by atomic mass is 9.85. The molecule has 0 heterocycles. The molecule has 0 amide bonds. The first kappa shape index (κ1) is 19.8. The number of aromatic hydroxyl groups is 1. The van der Waals surface area contributed by atoms with Gasteiger partial charge in [-0.25, -0.2) is 0 Å². The topological polar surface area (TPSA) is 20.2 Å². The predicted octanol–water partition coefficient (Wildman–Crippen LogP) is 7.23. The second kappa shape index (κ2) is 10.5. The summed E-state index contributed by atoms with van der Waals surface area (Å²) in [6, 6.07) is 5.92. The molecule has 0 atom stereocenters. The van der Waals surface area contributed by atoms with Crippen molar-refractivity contribution in [2.24, 2.45) is 0 Å². The van der Waals surface area contributed by atoms with Gasteiger partial charge in [0.15, 0.2) is 0 Å². The summed E-state index contributed by atoms with van der Waals surface area (Å²) in [6.45, 7) is 8.67. The summed E-state index contributed by atoms with van der Waals surface area (Å²) in [6.07, 6.45) is 16.6. The van der Waals surface area contributed by atoms with Crippen molar-refractivity contribution < 1.29 is 5.11 Å². The van der Waals surface area contributed by atoms with Crippen LogP contribution in [0.3, 0.4) is 0 Å². The van der Waals surface area contributed by atoms with Crippen LogP contribution >= 0.6 is 0 Å². The van der Waals surface area contributed by atoms with Crippen molar-refractivity contribution in [2.75, 3.05) is 0 Å². The third-order valence-corrected chi connectivity index (χ3v) is 4.36. The Balaban J connectivity index is 2.28. The summed E-state index contributed by atoms with van der Waals surface area (Å²) >= 11 is 0. The number of phenolic OH excluding ortho intramolecular Hbond substituents is 1. The molecular formula is C22H36O. The van der Waals surface area contributed by atoms with Gasteiger partial charge in [0.05, 0.1) is 0 Å². The molecule has 0 spiro atoms. The number of hydrogen-bond donors (Lipinski definition) is 1. The van der Waals surface area contributed by atoms with Crippen LogP contribution in [0.25, 0.3) is 6.08 Å². The first-order valence-electron chi connectivity index (χ1n) is 9.45. The zero-order valence-electron chi connectivity index (χ0n) is 15.7. The number of allylic oxidation sites excluding steroid dienone is 1. The van der Waals surface area contributed by atoms with Crippen molar-refractivity contribution in [2.45, 2.75) is 90.9 Å². The van der Waals surface area contributed by atoms with Gasteiger partial charge in [-0.1, -0.05) is 90.9 Å². The standard InChI is InChI=1S/C22H36O/c1-5-6-7-8-9-10-11-12-13-14-15-19-16-17-21(23)20(18-19)22(2,3)4/h14-18,23H,5-13H2,1-4H3. The molecular weight excluding hydrogens is 280 g/mol. The van der Waals surface area contributed by atoms with E-state index in [0.29, 0.717) is 5.75 Å². The van der Waals surface area contributed by atoms with Crippen LogP contribution in [0.1, 0.15) is 96.6 Å². The van der Waals surface area contributed by atoms with E-state index in [-0.39, 0.29) is 5.41 Å². The Bertz CT molecular complexity index is 465. The van der Waals surface area contributed by atoms with Gasteiger partial charge >= 0.3 is 0 Å². The number of phenols is 1. The Morgan fingerprint density at radius 3 is 2.13 bits per heavy atom. The highest BCUT2D eigenvalue weighted by Crippen LogP contribution is 2.31. The van der Waals surface area contributed by atoms with Crippen molar-refractivity contribution in [3.63, 3.8) is 0 Å². The smallest absolute Gasteiger partial charge is 0.119 e. The van der Waals surface area contributed by atoms with Crippen LogP contribution in [0.15, 0.2) is 24.3 Å². The minimum absolute atomic E-state index is 0.0221. The van der Waals surface area contributed by atoms with Crippen molar-refractivity contribution in [1.82, 2.24) is 0 Å². The lowest BCUT2D eigenvalue weighted by Gasteiger charge is -2.20. The zero-order valence-corrected chi connectivity index (χ0v) is 15.7. The molecule has 0 radical (unpaired) electrons. The quantitative estimate of drug-likeness (QED) is 0.451. The molecule has 0 aliphatic heterocycles. The molecule has 23 heavy (non-hydrogen) atoms. The molecule has 0 saturated heterocycles. The number of unbranched alkanes of at least 4 members (excludes halogenated alkanes) is 8. The molecule has 0 aliphatic carbocycles. The molecule has 1 aromatic rings. The van der Waals surface area contributed by atoms with E-state index < -0.39 is 0 Å². The second-order valence-corrected chi connectivity index (χ2v) is 7.69. The highest BCUT2D eigenvalue weighted by molar-refractivity contribution is 5.54. The van der Waals surface area contributed by atoms with Crippen LogP contribution < -0.4 is 0 Å². The van der Waals surface area contributed by atoms with Crippen molar-refractivity contribution >= 4 is 6.08 Å². The van der Waals surface area contributed by atoms with Crippen LogP contribution in [0.4, 0.5) is 0 Å². The van der Waals surface area contributed by atoms with Gasteiger partial charge in [-0.2, -0.15) is 0 Å². The molecule has 0 saturated carbocycles. The average molecular weight is 317 g/mol. The molecule has 0 fully saturated rings. The molecule has 0 bridgehead atoms. The Hall–Kier alpha value is -1.24. The third-order valence-electron chi connectivity index (χ3n) is 4.36. The summed E-state index contributed by atoms with van der Waals surface area (Å²) < 4.78 is 0. The van der Waals surface area contributed by atoms with Gasteiger partial charge in [0, 0.05) is 0 Å². The highest BCUT2D eigenvalue weighted by Gasteiger charge is 2.17. The van der Waals surface area contributed by atoms with Gasteiger partial charge in [0.25, 0.3) is 0 Å². The van der Waals surface area contributed by atoms with E-state index in [1.165, 1.54) is 56.9 Å². The van der Waals surface area contributed by atoms with Gasteiger partial charge in [0.2, 0.25) is 0 Å². The Morgan fingerprint density at radius 1 is 0.913 bits per heavy atom. The molecule has 130 valence electrons. The summed E-state index contributed by atoms with van der Waals surface area (Å²) in [5.74, 6) is 0.401. The lowest BCUT2D eigenvalue weighted by molar-refractivity contribution is 0.446. The van der Waals surface area contributed by atoms with E-state index in [4.69, 9.17) is 0 Å². The molecule has 1 aromatic carbocycles. The van der Waals surface area contributed by atoms with E-state index in [2.05, 4.69) is 45.9 Å². The SMILES string of the molecule is CCCCCCCCCCC=Cc1ccc(O)c(C(C)(C)C)c1. The summed E-state index contributed by atoms with van der Waals surface area (Å²) in [5.41, 5.74) is 2.19. The van der Waals surface area contributed by atoms with E-state index in [1.807, 2.05) is 12.1 Å². The van der Waals surface area contributed by atoms with E-state index >= 15 is 0 Å². The first-order chi connectivity index (χ1) is 10.9. The summed E-state index contributed by atoms with van der Waals surface area (Å²) in [5, 5.41) is 9.99. The van der Waals surface area contributed by atoms with E-state index in [9.17, 15) is 5.11 Å². The highest BCUT2D eigenvalue weighted by atomic mass is 16.3. The van der Waals surface area contributed by atoms with Gasteiger partial charge in [-0.3, -0.25) is 0 Å². The van der Waals surface area contributed by atoms with E-state index in [0.717, 1.165) is 12.0 Å². The maximum atomic E-state index is 9.99. The minimum Gasteiger partial charge on any atom is -0.508 e. The Labute approximate surface area is 143 Å². The van der Waals surface area contributed by atoms with Crippen molar-refractivity contribution in [1.29, 1.82) is 0 Å². The average Bonchev–Trinajstić information content (AvgIpc) is 2.49. The molecule has 1 heteroatoms. The van der Waals surface area contributed by atoms with Gasteiger partial charge in [-0.05, 0) is 41.5 Å². The Kier molecular flexibility index (Phi) is 9.06. The molecule has 0 unspecified atom stereocenters. The van der Waals surface area contributed by atoms with Gasteiger partial charge in [0.1, 0.15) is 5.75 Å². The van der Waals surface area contributed by atoms with Gasteiger partial charge in [-0.15, -0.1) is 0 Å². The molecule has 1 N–H and O–H groups in total. The zero-order chi connectivity index (χ0) is 17.1. The van der Waals surface area contributed by atoms with Crippen LogP contribution in [0.5, 0.6) is 5.75 Å². The summed E-state index contributed by atoms with van der Waals surface area (Å²) in [7, 11) is 0. The number of rotatable bonds is 10. The fourth-order valence-corrected chi connectivity index (χ4v) is 2.87. The minimum atomic E-state index is -0.0221. The molecule has 0 aliphatic rings. The van der Waals surface area contributed by atoms with Crippen LogP contribution in [0, 0.1) is 0 Å². The van der Waals surface area contributed by atoms with Gasteiger partial charge < -0.3 is 5.11 Å². The largest absolute Gasteiger partial charge is 0.508 e. The lowest BCUT2D eigenvalue weighted by Crippen LogP contribution is -2.11. The maximum Gasteiger partial charge on any atom is 0.119 e. The van der Waals surface area contributed by atoms with E-state index in [1.54, 1.807) is 0 Å². The monoisotopic (exact) mass is 316 g/mol. The number of benzene rings is 1. The normalized spacial score (nSPS) is 12.2. The summed E-state index contributed by atoms with van der Waals surface area (Å²) in [4.78, 5) is 0. The van der Waals surface area contributed by atoms with Crippen LogP contribution in [-0.2, 0) is 5.41 Å².